The molecule has 1 aliphatic carbocycles. The van der Waals surface area contributed by atoms with Gasteiger partial charge in [-0.1, -0.05) is 31.9 Å². The average molecular weight is 446 g/mol. The number of carboxylic acids is 1. The van der Waals surface area contributed by atoms with E-state index in [1.807, 2.05) is 12.1 Å². The number of carbonyl (C=O) groups is 2. The van der Waals surface area contributed by atoms with Crippen molar-refractivity contribution in [2.24, 2.45) is 5.92 Å². The summed E-state index contributed by atoms with van der Waals surface area (Å²) < 4.78 is 16.9. The molecule has 1 saturated carbocycles. The fourth-order valence-electron chi connectivity index (χ4n) is 5.10. The molecule has 7 nitrogen and oxygen atoms in total. The number of nitrogens with zero attached hydrogens (tertiary/aromatic N) is 1. The van der Waals surface area contributed by atoms with Crippen molar-refractivity contribution >= 4 is 11.9 Å². The maximum absolute atomic E-state index is 13.9. The Bertz CT molecular complexity index is 817. The van der Waals surface area contributed by atoms with Gasteiger partial charge in [0.2, 0.25) is 11.7 Å². The Kier molecular flexibility index (Phi) is 8.42. The number of methoxy groups -OCH3 is 2. The second-order valence-corrected chi connectivity index (χ2v) is 8.61. The van der Waals surface area contributed by atoms with Crippen molar-refractivity contribution in [1.82, 2.24) is 4.90 Å². The van der Waals surface area contributed by atoms with Crippen LogP contribution in [0.1, 0.15) is 62.8 Å². The molecular formula is C25H35NO6. The zero-order valence-electron chi connectivity index (χ0n) is 19.2. The minimum absolute atomic E-state index is 0.106. The molecule has 1 amide bonds. The lowest BCUT2D eigenvalue weighted by Crippen LogP contribution is -2.50. The number of piperidine rings is 1. The number of ether oxygens (including phenoxy) is 3. The summed E-state index contributed by atoms with van der Waals surface area (Å²) in [6, 6.07) is 2.93. The Morgan fingerprint density at radius 3 is 2.41 bits per heavy atom. The van der Waals surface area contributed by atoms with Gasteiger partial charge >= 0.3 is 5.97 Å². The van der Waals surface area contributed by atoms with Gasteiger partial charge < -0.3 is 24.2 Å². The van der Waals surface area contributed by atoms with Crippen molar-refractivity contribution in [1.29, 1.82) is 0 Å². The van der Waals surface area contributed by atoms with Gasteiger partial charge in [0.1, 0.15) is 12.6 Å². The molecule has 3 rings (SSSR count). The van der Waals surface area contributed by atoms with E-state index >= 15 is 0 Å². The van der Waals surface area contributed by atoms with Crippen molar-refractivity contribution in [2.75, 3.05) is 27.4 Å². The molecule has 1 saturated heterocycles. The molecular weight excluding hydrogens is 410 g/mol. The summed E-state index contributed by atoms with van der Waals surface area (Å²) in [5, 5.41) is 9.75. The highest BCUT2D eigenvalue weighted by Crippen LogP contribution is 2.45. The maximum Gasteiger partial charge on any atom is 0.326 e. The zero-order chi connectivity index (χ0) is 23.1. The summed E-state index contributed by atoms with van der Waals surface area (Å²) in [6.07, 6.45) is 8.99. The second-order valence-electron chi connectivity index (χ2n) is 8.61. The predicted octanol–water partition coefficient (Wildman–Crippen LogP) is 4.40. The molecule has 1 heterocycles. The lowest BCUT2D eigenvalue weighted by Gasteiger charge is -2.39. The first-order valence-corrected chi connectivity index (χ1v) is 11.5. The number of hydrogen-bond acceptors (Lipinski definition) is 5. The molecule has 7 heteroatoms. The topological polar surface area (TPSA) is 85.3 Å². The highest BCUT2D eigenvalue weighted by Gasteiger charge is 2.40. The fourth-order valence-corrected chi connectivity index (χ4v) is 5.10. The summed E-state index contributed by atoms with van der Waals surface area (Å²) in [6.45, 7) is 4.47. The van der Waals surface area contributed by atoms with Crippen LogP contribution in [0.3, 0.4) is 0 Å². The van der Waals surface area contributed by atoms with Gasteiger partial charge in [-0.2, -0.15) is 0 Å². The summed E-state index contributed by atoms with van der Waals surface area (Å²) >= 11 is 0. The third-order valence-electron chi connectivity index (χ3n) is 6.64. The Balaban J connectivity index is 2.06. The SMILES string of the molecule is C=CCOc1cc([C@@H](C(=O)N2CCCC[C@H]2C(=O)O)C2CCCCC2)cc(OC)c1OC. The van der Waals surface area contributed by atoms with E-state index in [1.54, 1.807) is 25.2 Å². The Morgan fingerprint density at radius 1 is 1.09 bits per heavy atom. The number of carboxylic acid groups (broad SMARTS) is 1. The van der Waals surface area contributed by atoms with E-state index in [9.17, 15) is 14.7 Å². The monoisotopic (exact) mass is 445 g/mol. The zero-order valence-corrected chi connectivity index (χ0v) is 19.2. The highest BCUT2D eigenvalue weighted by molar-refractivity contribution is 5.89. The number of carbonyl (C=O) groups excluding carboxylic acids is 1. The maximum atomic E-state index is 13.9. The minimum Gasteiger partial charge on any atom is -0.493 e. The van der Waals surface area contributed by atoms with Crippen LogP contribution in [0.15, 0.2) is 24.8 Å². The van der Waals surface area contributed by atoms with Gasteiger partial charge in [0.05, 0.1) is 20.1 Å². The number of likely N-dealkylation sites (tertiary alicyclic amines) is 1. The lowest BCUT2D eigenvalue weighted by atomic mass is 9.75. The van der Waals surface area contributed by atoms with Gasteiger partial charge in [-0.15, -0.1) is 0 Å². The summed E-state index contributed by atoms with van der Waals surface area (Å²) in [4.78, 5) is 27.4. The smallest absolute Gasteiger partial charge is 0.326 e. The summed E-state index contributed by atoms with van der Waals surface area (Å²) in [5.74, 6) is 0.122. The first-order valence-electron chi connectivity index (χ1n) is 11.5. The molecule has 2 atom stereocenters. The molecule has 1 N–H and O–H groups in total. The van der Waals surface area contributed by atoms with Crippen molar-refractivity contribution < 1.29 is 28.9 Å². The van der Waals surface area contributed by atoms with E-state index in [4.69, 9.17) is 14.2 Å². The normalized spacial score (nSPS) is 20.3. The van der Waals surface area contributed by atoms with E-state index in [0.717, 1.165) is 44.1 Å². The van der Waals surface area contributed by atoms with Crippen LogP contribution in [-0.4, -0.2) is 55.3 Å². The number of benzene rings is 1. The Hall–Kier alpha value is -2.70. The second kappa shape index (κ2) is 11.2. The van der Waals surface area contributed by atoms with Crippen molar-refractivity contribution in [2.45, 2.75) is 63.3 Å². The number of aliphatic carboxylic acids is 1. The van der Waals surface area contributed by atoms with E-state index < -0.39 is 17.9 Å². The van der Waals surface area contributed by atoms with E-state index in [-0.39, 0.29) is 18.4 Å². The molecule has 0 radical (unpaired) electrons. The Morgan fingerprint density at radius 2 is 1.78 bits per heavy atom. The quantitative estimate of drug-likeness (QED) is 0.567. The number of amides is 1. The third-order valence-corrected chi connectivity index (χ3v) is 6.64. The van der Waals surface area contributed by atoms with Crippen LogP contribution < -0.4 is 14.2 Å². The molecule has 0 spiro atoms. The van der Waals surface area contributed by atoms with Crippen LogP contribution in [0.2, 0.25) is 0 Å². The molecule has 1 aliphatic heterocycles. The first-order chi connectivity index (χ1) is 15.5. The van der Waals surface area contributed by atoms with Crippen molar-refractivity contribution in [3.05, 3.63) is 30.4 Å². The predicted molar refractivity (Wildman–Crippen MR) is 122 cm³/mol. The van der Waals surface area contributed by atoms with Gasteiger partial charge in [0.25, 0.3) is 0 Å². The van der Waals surface area contributed by atoms with E-state index in [2.05, 4.69) is 6.58 Å². The number of hydrogen-bond donors (Lipinski definition) is 1. The Labute approximate surface area is 190 Å². The van der Waals surface area contributed by atoms with Gasteiger partial charge in [0, 0.05) is 6.54 Å². The third kappa shape index (κ3) is 5.19. The van der Waals surface area contributed by atoms with Crippen molar-refractivity contribution in [3.8, 4) is 17.2 Å². The van der Waals surface area contributed by atoms with Gasteiger partial charge in [0.15, 0.2) is 11.5 Å². The fraction of sp³-hybridized carbons (Fsp3) is 0.600. The molecule has 2 fully saturated rings. The van der Waals surface area contributed by atoms with Crippen LogP contribution in [0.4, 0.5) is 0 Å². The average Bonchev–Trinajstić information content (AvgIpc) is 2.83. The minimum atomic E-state index is -0.928. The summed E-state index contributed by atoms with van der Waals surface area (Å²) in [5.41, 5.74) is 0.785. The van der Waals surface area contributed by atoms with E-state index in [0.29, 0.717) is 30.2 Å². The molecule has 1 aromatic carbocycles. The molecule has 0 aromatic heterocycles. The van der Waals surface area contributed by atoms with Crippen LogP contribution >= 0.6 is 0 Å². The highest BCUT2D eigenvalue weighted by atomic mass is 16.5. The molecule has 0 unspecified atom stereocenters. The molecule has 1 aromatic rings. The first kappa shape index (κ1) is 24.0. The molecule has 2 aliphatic rings. The number of rotatable bonds is 9. The van der Waals surface area contributed by atoms with Crippen LogP contribution in [0.25, 0.3) is 0 Å². The standard InChI is InChI=1S/C25H35NO6/c1-4-14-32-21-16-18(15-20(30-2)23(21)31-3)22(17-10-6-5-7-11-17)24(27)26-13-9-8-12-19(26)25(28)29/h4,15-17,19,22H,1,5-14H2,2-3H3,(H,28,29)/t19-,22-/m0/s1. The molecule has 32 heavy (non-hydrogen) atoms. The molecule has 0 bridgehead atoms. The van der Waals surface area contributed by atoms with Crippen LogP contribution in [0.5, 0.6) is 17.2 Å². The van der Waals surface area contributed by atoms with Gasteiger partial charge in [-0.25, -0.2) is 4.79 Å². The van der Waals surface area contributed by atoms with Crippen molar-refractivity contribution in [3.63, 3.8) is 0 Å². The van der Waals surface area contributed by atoms with Crippen LogP contribution in [-0.2, 0) is 9.59 Å². The summed E-state index contributed by atoms with van der Waals surface area (Å²) in [7, 11) is 3.11. The largest absolute Gasteiger partial charge is 0.493 e. The van der Waals surface area contributed by atoms with Gasteiger partial charge in [-0.05, 0) is 55.7 Å². The van der Waals surface area contributed by atoms with E-state index in [1.165, 1.54) is 6.42 Å². The van der Waals surface area contributed by atoms with Crippen LogP contribution in [0, 0.1) is 5.92 Å². The molecule has 176 valence electrons. The van der Waals surface area contributed by atoms with Gasteiger partial charge in [-0.3, -0.25) is 4.79 Å². The lowest BCUT2D eigenvalue weighted by molar-refractivity contribution is -0.153.